The number of anilines is 1. The Morgan fingerprint density at radius 1 is 1.10 bits per heavy atom. The van der Waals surface area contributed by atoms with Crippen LogP contribution in [0.5, 0.6) is 0 Å². The molecule has 0 aliphatic carbocycles. The van der Waals surface area contributed by atoms with Gasteiger partial charge in [0.25, 0.3) is 0 Å². The number of nitriles is 1. The first kappa shape index (κ1) is 24.3. The smallest absolute Gasteiger partial charge is 0.346 e. The van der Waals surface area contributed by atoms with Gasteiger partial charge in [0.15, 0.2) is 0 Å². The van der Waals surface area contributed by atoms with Crippen LogP contribution in [0, 0.1) is 23.0 Å². The van der Waals surface area contributed by atoms with Crippen molar-refractivity contribution in [1.82, 2.24) is 0 Å². The summed E-state index contributed by atoms with van der Waals surface area (Å²) in [7, 11) is 0. The van der Waals surface area contributed by atoms with Crippen LogP contribution in [-0.2, 0) is 4.79 Å². The Kier molecular flexibility index (Phi) is 9.41. The number of aliphatic carboxylic acids is 1. The van der Waals surface area contributed by atoms with Gasteiger partial charge >= 0.3 is 5.97 Å². The van der Waals surface area contributed by atoms with E-state index in [-0.39, 0.29) is 11.3 Å². The van der Waals surface area contributed by atoms with Gasteiger partial charge in [-0.1, -0.05) is 32.8 Å². The lowest BCUT2D eigenvalue weighted by Crippen LogP contribution is -2.27. The van der Waals surface area contributed by atoms with E-state index in [4.69, 9.17) is 10.4 Å². The number of benzene rings is 1. The van der Waals surface area contributed by atoms with Crippen molar-refractivity contribution in [2.45, 2.75) is 39.5 Å². The molecule has 2 aromatic rings. The predicted molar refractivity (Wildman–Crippen MR) is 123 cm³/mol. The zero-order valence-corrected chi connectivity index (χ0v) is 18.5. The fraction of sp³-hybridized carbons (Fsp3) is 0.333. The van der Waals surface area contributed by atoms with Gasteiger partial charge in [0.05, 0.1) is 0 Å². The van der Waals surface area contributed by atoms with E-state index < -0.39 is 17.6 Å². The summed E-state index contributed by atoms with van der Waals surface area (Å²) < 4.78 is 29.6. The summed E-state index contributed by atoms with van der Waals surface area (Å²) >= 11 is 1.27. The summed E-state index contributed by atoms with van der Waals surface area (Å²) in [6, 6.07) is 7.72. The van der Waals surface area contributed by atoms with Gasteiger partial charge in [-0.15, -0.1) is 11.3 Å². The minimum atomic E-state index is -1.29. The molecule has 0 bridgehead atoms. The minimum Gasteiger partial charge on any atom is -0.477 e. The lowest BCUT2D eigenvalue weighted by Gasteiger charge is -2.25. The average molecular weight is 445 g/mol. The number of halogens is 2. The number of carboxylic acids is 1. The number of rotatable bonds is 11. The predicted octanol–water partition coefficient (Wildman–Crippen LogP) is 6.59. The molecule has 0 aliphatic rings. The second-order valence-corrected chi connectivity index (χ2v) is 8.22. The molecule has 0 saturated heterocycles. The molecule has 2 rings (SSSR count). The van der Waals surface area contributed by atoms with Crippen LogP contribution in [0.4, 0.5) is 14.5 Å². The summed E-state index contributed by atoms with van der Waals surface area (Å²) in [4.78, 5) is 14.1. The van der Waals surface area contributed by atoms with Crippen LogP contribution < -0.4 is 4.90 Å². The molecule has 0 radical (unpaired) electrons. The van der Waals surface area contributed by atoms with Crippen molar-refractivity contribution in [3.63, 3.8) is 0 Å². The van der Waals surface area contributed by atoms with Gasteiger partial charge < -0.3 is 10.0 Å². The van der Waals surface area contributed by atoms with E-state index in [0.717, 1.165) is 30.6 Å². The quantitative estimate of drug-likeness (QED) is 0.313. The maximum Gasteiger partial charge on any atom is 0.346 e. The topological polar surface area (TPSA) is 64.3 Å². The number of nitrogens with zero attached hydrogens (tertiary/aromatic N) is 2. The summed E-state index contributed by atoms with van der Waals surface area (Å²) in [6.07, 6.45) is 8.25. The largest absolute Gasteiger partial charge is 0.477 e. The maximum absolute atomic E-state index is 14.8. The Morgan fingerprint density at radius 2 is 1.68 bits per heavy atom. The molecule has 0 aliphatic heterocycles. The molecule has 0 saturated carbocycles. The van der Waals surface area contributed by atoms with Gasteiger partial charge in [-0.3, -0.25) is 0 Å². The molecule has 4 nitrogen and oxygen atoms in total. The highest BCUT2D eigenvalue weighted by atomic mass is 32.1. The number of unbranched alkanes of at least 4 members (excludes halogenated alkanes) is 2. The maximum atomic E-state index is 14.8. The summed E-state index contributed by atoms with van der Waals surface area (Å²) in [5.41, 5.74) is 0.0755. The normalized spacial score (nSPS) is 11.6. The van der Waals surface area contributed by atoms with Crippen molar-refractivity contribution in [2.75, 3.05) is 18.0 Å². The highest BCUT2D eigenvalue weighted by Gasteiger charge is 2.17. The number of hydrogen-bond acceptors (Lipinski definition) is 4. The van der Waals surface area contributed by atoms with E-state index in [1.54, 1.807) is 35.3 Å². The first-order chi connectivity index (χ1) is 14.9. The molecule has 31 heavy (non-hydrogen) atoms. The van der Waals surface area contributed by atoms with Crippen LogP contribution in [0.1, 0.15) is 54.8 Å². The fourth-order valence-corrected chi connectivity index (χ4v) is 3.87. The van der Waals surface area contributed by atoms with Gasteiger partial charge in [-0.25, -0.2) is 13.6 Å². The summed E-state index contributed by atoms with van der Waals surface area (Å²) in [5.74, 6) is -2.45. The van der Waals surface area contributed by atoms with Crippen LogP contribution in [0.15, 0.2) is 29.8 Å². The van der Waals surface area contributed by atoms with Gasteiger partial charge in [0.1, 0.15) is 29.0 Å². The Morgan fingerprint density at radius 3 is 2.19 bits per heavy atom. The molecular formula is C24H26F2N2O2S. The Bertz CT molecular complexity index is 974. The second-order valence-electron chi connectivity index (χ2n) is 7.08. The standard InChI is InChI=1S/C24H26F2N2O2S/c1-3-5-11-28(12-6-4-2)23-21(25)13-17(14-22(23)26)7-8-19-9-10-20(31-19)15-18(16-27)24(29)30/h7-10,13-15H,3-6,11-12H2,1-2H3,(H,29,30)/b8-7+,18-15-. The molecule has 0 spiro atoms. The van der Waals surface area contributed by atoms with Crippen LogP contribution in [0.25, 0.3) is 18.2 Å². The van der Waals surface area contributed by atoms with Crippen LogP contribution in [0.2, 0.25) is 0 Å². The third-order valence-corrected chi connectivity index (χ3v) is 5.64. The monoisotopic (exact) mass is 444 g/mol. The molecule has 1 heterocycles. The lowest BCUT2D eigenvalue weighted by atomic mass is 10.1. The number of carboxylic acid groups (broad SMARTS) is 1. The number of carbonyl (C=O) groups is 1. The van der Waals surface area contributed by atoms with Crippen molar-refractivity contribution in [1.29, 1.82) is 5.26 Å². The van der Waals surface area contributed by atoms with Gasteiger partial charge in [-0.2, -0.15) is 5.26 Å². The summed E-state index contributed by atoms with van der Waals surface area (Å²) in [5, 5.41) is 17.8. The Balaban J connectivity index is 2.23. The molecule has 164 valence electrons. The van der Waals surface area contributed by atoms with E-state index in [1.165, 1.54) is 29.5 Å². The first-order valence-electron chi connectivity index (χ1n) is 10.3. The highest BCUT2D eigenvalue weighted by molar-refractivity contribution is 7.13. The number of hydrogen-bond donors (Lipinski definition) is 1. The molecule has 0 amide bonds. The minimum absolute atomic E-state index is 0.0281. The fourth-order valence-electron chi connectivity index (χ4n) is 3.01. The van der Waals surface area contributed by atoms with Gasteiger partial charge in [0, 0.05) is 22.8 Å². The highest BCUT2D eigenvalue weighted by Crippen LogP contribution is 2.28. The molecule has 1 aromatic heterocycles. The van der Waals surface area contributed by atoms with Crippen molar-refractivity contribution in [3.05, 3.63) is 56.8 Å². The third kappa shape index (κ3) is 7.04. The van der Waals surface area contributed by atoms with E-state index in [2.05, 4.69) is 0 Å². The lowest BCUT2D eigenvalue weighted by molar-refractivity contribution is -0.132. The summed E-state index contributed by atoms with van der Waals surface area (Å²) in [6.45, 7) is 5.33. The van der Waals surface area contributed by atoms with E-state index in [0.29, 0.717) is 23.5 Å². The molecule has 1 N–H and O–H groups in total. The van der Waals surface area contributed by atoms with E-state index in [9.17, 15) is 13.6 Å². The molecule has 7 heteroatoms. The SMILES string of the molecule is CCCCN(CCCC)c1c(F)cc(/C=C/c2ccc(/C=C(/C#N)C(=O)O)s2)cc1F. The molecule has 0 atom stereocenters. The van der Waals surface area contributed by atoms with Crippen molar-refractivity contribution in [2.24, 2.45) is 0 Å². The van der Waals surface area contributed by atoms with Gasteiger partial charge in [-0.05, 0) is 54.8 Å². The second kappa shape index (κ2) is 12.0. The molecule has 0 fully saturated rings. The van der Waals surface area contributed by atoms with Crippen molar-refractivity contribution >= 4 is 41.2 Å². The first-order valence-corrected chi connectivity index (χ1v) is 11.1. The van der Waals surface area contributed by atoms with Crippen molar-refractivity contribution in [3.8, 4) is 6.07 Å². The zero-order chi connectivity index (χ0) is 22.8. The average Bonchev–Trinajstić information content (AvgIpc) is 3.18. The van der Waals surface area contributed by atoms with Crippen LogP contribution in [0.3, 0.4) is 0 Å². The van der Waals surface area contributed by atoms with Crippen molar-refractivity contribution < 1.29 is 18.7 Å². The van der Waals surface area contributed by atoms with Crippen LogP contribution in [-0.4, -0.2) is 24.2 Å². The van der Waals surface area contributed by atoms with E-state index in [1.807, 2.05) is 13.8 Å². The zero-order valence-electron chi connectivity index (χ0n) is 17.7. The Hall–Kier alpha value is -2.98. The molecule has 1 aromatic carbocycles. The number of thiophene rings is 1. The molecular weight excluding hydrogens is 418 g/mol. The van der Waals surface area contributed by atoms with Gasteiger partial charge in [0.2, 0.25) is 0 Å². The Labute approximate surface area is 185 Å². The third-order valence-electron chi connectivity index (χ3n) is 4.64. The van der Waals surface area contributed by atoms with Crippen LogP contribution >= 0.6 is 11.3 Å². The molecule has 0 unspecified atom stereocenters. The van der Waals surface area contributed by atoms with E-state index >= 15 is 0 Å².